The van der Waals surface area contributed by atoms with E-state index in [1.54, 1.807) is 0 Å². The van der Waals surface area contributed by atoms with Crippen LogP contribution in [0.5, 0.6) is 0 Å². The van der Waals surface area contributed by atoms with Gasteiger partial charge in [0.25, 0.3) is 0 Å². The second-order valence-corrected chi connectivity index (χ2v) is 5.93. The van der Waals surface area contributed by atoms with E-state index in [1.807, 2.05) is 0 Å². The standard InChI is InChI=1S/C11H20ClN3S/c1-5-7-15(8-6-12)10-13-9(14-16-10)11(2,3)4/h5-8H2,1-4H3. The first-order chi connectivity index (χ1) is 7.49. The summed E-state index contributed by atoms with van der Waals surface area (Å²) in [7, 11) is 0. The molecule has 0 bridgehead atoms. The van der Waals surface area contributed by atoms with Crippen molar-refractivity contribution in [2.45, 2.75) is 39.5 Å². The van der Waals surface area contributed by atoms with Gasteiger partial charge in [-0.2, -0.15) is 4.37 Å². The van der Waals surface area contributed by atoms with Crippen LogP contribution in [-0.2, 0) is 5.41 Å². The first-order valence-electron chi connectivity index (χ1n) is 5.64. The average molecular weight is 262 g/mol. The fourth-order valence-corrected chi connectivity index (χ4v) is 2.44. The SMILES string of the molecule is CCCN(CCCl)c1nc(C(C)(C)C)ns1. The summed E-state index contributed by atoms with van der Waals surface area (Å²) < 4.78 is 4.42. The number of alkyl halides is 1. The molecule has 0 aliphatic carbocycles. The van der Waals surface area contributed by atoms with E-state index >= 15 is 0 Å². The number of halogens is 1. The Kier molecular flexibility index (Phi) is 4.99. The van der Waals surface area contributed by atoms with E-state index in [4.69, 9.17) is 11.6 Å². The maximum atomic E-state index is 5.79. The lowest BCUT2D eigenvalue weighted by molar-refractivity contribution is 0.554. The number of nitrogens with zero attached hydrogens (tertiary/aromatic N) is 3. The summed E-state index contributed by atoms with van der Waals surface area (Å²) in [6.07, 6.45) is 1.10. The molecule has 0 amide bonds. The van der Waals surface area contributed by atoms with Crippen LogP contribution >= 0.6 is 23.1 Å². The molecule has 5 heteroatoms. The molecule has 0 spiro atoms. The lowest BCUT2D eigenvalue weighted by atomic mass is 9.96. The van der Waals surface area contributed by atoms with Crippen LogP contribution in [0.2, 0.25) is 0 Å². The van der Waals surface area contributed by atoms with Gasteiger partial charge in [0.05, 0.1) is 0 Å². The summed E-state index contributed by atoms with van der Waals surface area (Å²) in [5.74, 6) is 1.55. The predicted molar refractivity (Wildman–Crippen MR) is 71.8 cm³/mol. The van der Waals surface area contributed by atoms with Crippen LogP contribution in [0, 0.1) is 0 Å². The zero-order valence-corrected chi connectivity index (χ0v) is 12.0. The summed E-state index contributed by atoms with van der Waals surface area (Å²) in [6, 6.07) is 0. The molecular weight excluding hydrogens is 242 g/mol. The Morgan fingerprint density at radius 3 is 2.44 bits per heavy atom. The smallest absolute Gasteiger partial charge is 0.205 e. The first-order valence-corrected chi connectivity index (χ1v) is 6.95. The molecule has 0 N–H and O–H groups in total. The van der Waals surface area contributed by atoms with Crippen LogP contribution in [0.1, 0.15) is 39.9 Å². The number of anilines is 1. The first kappa shape index (κ1) is 13.7. The minimum absolute atomic E-state index is 0.0214. The Bertz CT molecular complexity index is 313. The van der Waals surface area contributed by atoms with E-state index in [1.165, 1.54) is 11.5 Å². The molecule has 1 aromatic heterocycles. The zero-order chi connectivity index (χ0) is 12.2. The van der Waals surface area contributed by atoms with Crippen molar-refractivity contribution in [2.75, 3.05) is 23.9 Å². The Hall–Kier alpha value is -0.350. The summed E-state index contributed by atoms with van der Waals surface area (Å²) >= 11 is 7.26. The van der Waals surface area contributed by atoms with Crippen molar-refractivity contribution in [1.29, 1.82) is 0 Å². The average Bonchev–Trinajstić information content (AvgIpc) is 2.65. The van der Waals surface area contributed by atoms with Crippen LogP contribution in [0.25, 0.3) is 0 Å². The lowest BCUT2D eigenvalue weighted by Crippen LogP contribution is -2.26. The van der Waals surface area contributed by atoms with Gasteiger partial charge in [-0.25, -0.2) is 4.98 Å². The molecule has 0 radical (unpaired) electrons. The van der Waals surface area contributed by atoms with Crippen LogP contribution in [-0.4, -0.2) is 28.3 Å². The number of hydrogen-bond acceptors (Lipinski definition) is 4. The maximum absolute atomic E-state index is 5.79. The van der Waals surface area contributed by atoms with Gasteiger partial charge in [-0.05, 0) is 6.42 Å². The second-order valence-electron chi connectivity index (χ2n) is 4.83. The molecule has 3 nitrogen and oxygen atoms in total. The molecule has 0 unspecified atom stereocenters. The van der Waals surface area contributed by atoms with Crippen molar-refractivity contribution in [2.24, 2.45) is 0 Å². The third-order valence-corrected chi connectivity index (χ3v) is 3.15. The van der Waals surface area contributed by atoms with Crippen molar-refractivity contribution in [1.82, 2.24) is 9.36 Å². The summed E-state index contributed by atoms with van der Waals surface area (Å²) in [5.41, 5.74) is 0.0214. The Morgan fingerprint density at radius 2 is 2.00 bits per heavy atom. The third kappa shape index (κ3) is 3.59. The van der Waals surface area contributed by atoms with Gasteiger partial charge in [0, 0.05) is 35.9 Å². The Morgan fingerprint density at radius 1 is 1.31 bits per heavy atom. The molecule has 92 valence electrons. The van der Waals surface area contributed by atoms with Gasteiger partial charge in [0.2, 0.25) is 5.13 Å². The van der Waals surface area contributed by atoms with Gasteiger partial charge in [0.1, 0.15) is 5.82 Å². The summed E-state index contributed by atoms with van der Waals surface area (Å²) in [5, 5.41) is 0.993. The molecule has 0 aliphatic heterocycles. The van der Waals surface area contributed by atoms with Gasteiger partial charge in [-0.15, -0.1) is 11.6 Å². The number of aromatic nitrogens is 2. The van der Waals surface area contributed by atoms with Crippen molar-refractivity contribution in [3.05, 3.63) is 5.82 Å². The highest BCUT2D eigenvalue weighted by Gasteiger charge is 2.21. The maximum Gasteiger partial charge on any atom is 0.205 e. The molecule has 1 aromatic rings. The lowest BCUT2D eigenvalue weighted by Gasteiger charge is -2.19. The van der Waals surface area contributed by atoms with Crippen molar-refractivity contribution in [3.8, 4) is 0 Å². The van der Waals surface area contributed by atoms with E-state index in [0.717, 1.165) is 30.5 Å². The third-order valence-electron chi connectivity index (χ3n) is 2.20. The topological polar surface area (TPSA) is 29.0 Å². The highest BCUT2D eigenvalue weighted by atomic mass is 35.5. The zero-order valence-electron chi connectivity index (χ0n) is 10.5. The van der Waals surface area contributed by atoms with E-state index in [2.05, 4.69) is 42.0 Å². The van der Waals surface area contributed by atoms with Crippen LogP contribution in [0.3, 0.4) is 0 Å². The molecular formula is C11H20ClN3S. The largest absolute Gasteiger partial charge is 0.346 e. The predicted octanol–water partition coefficient (Wildman–Crippen LogP) is 3.29. The molecule has 0 fully saturated rings. The summed E-state index contributed by atoms with van der Waals surface area (Å²) in [6.45, 7) is 10.4. The quantitative estimate of drug-likeness (QED) is 0.762. The Labute approximate surface area is 107 Å². The second kappa shape index (κ2) is 5.82. The van der Waals surface area contributed by atoms with Crippen molar-refractivity contribution in [3.63, 3.8) is 0 Å². The fourth-order valence-electron chi connectivity index (χ4n) is 1.32. The number of rotatable bonds is 5. The molecule has 16 heavy (non-hydrogen) atoms. The van der Waals surface area contributed by atoms with E-state index in [9.17, 15) is 0 Å². The molecule has 0 saturated heterocycles. The monoisotopic (exact) mass is 261 g/mol. The normalized spacial score (nSPS) is 11.8. The van der Waals surface area contributed by atoms with Gasteiger partial charge in [-0.3, -0.25) is 0 Å². The van der Waals surface area contributed by atoms with Crippen molar-refractivity contribution >= 4 is 28.3 Å². The van der Waals surface area contributed by atoms with Crippen LogP contribution in [0.15, 0.2) is 0 Å². The molecule has 1 heterocycles. The van der Waals surface area contributed by atoms with Gasteiger partial charge >= 0.3 is 0 Å². The van der Waals surface area contributed by atoms with Crippen LogP contribution < -0.4 is 4.90 Å². The molecule has 0 saturated carbocycles. The highest BCUT2D eigenvalue weighted by molar-refractivity contribution is 7.09. The van der Waals surface area contributed by atoms with Crippen molar-refractivity contribution < 1.29 is 0 Å². The minimum atomic E-state index is 0.0214. The van der Waals surface area contributed by atoms with E-state index in [-0.39, 0.29) is 5.41 Å². The molecule has 0 aliphatic rings. The Balaban J connectivity index is 2.81. The molecule has 1 rings (SSSR count). The van der Waals surface area contributed by atoms with Gasteiger partial charge < -0.3 is 4.90 Å². The number of hydrogen-bond donors (Lipinski definition) is 0. The molecule has 0 atom stereocenters. The van der Waals surface area contributed by atoms with Crippen LogP contribution in [0.4, 0.5) is 5.13 Å². The van der Waals surface area contributed by atoms with Gasteiger partial charge in [0.15, 0.2) is 0 Å². The molecule has 0 aromatic carbocycles. The van der Waals surface area contributed by atoms with E-state index in [0.29, 0.717) is 5.88 Å². The fraction of sp³-hybridized carbons (Fsp3) is 0.818. The van der Waals surface area contributed by atoms with Gasteiger partial charge in [-0.1, -0.05) is 27.7 Å². The van der Waals surface area contributed by atoms with E-state index < -0.39 is 0 Å². The summed E-state index contributed by atoms with van der Waals surface area (Å²) in [4.78, 5) is 6.80. The minimum Gasteiger partial charge on any atom is -0.346 e. The highest BCUT2D eigenvalue weighted by Crippen LogP contribution is 2.25.